The largest absolute Gasteiger partial charge is 0.368 e. The number of amides is 1. The fourth-order valence-corrected chi connectivity index (χ4v) is 4.54. The van der Waals surface area contributed by atoms with Gasteiger partial charge in [0.1, 0.15) is 11.2 Å². The van der Waals surface area contributed by atoms with Gasteiger partial charge in [-0.15, -0.1) is 0 Å². The summed E-state index contributed by atoms with van der Waals surface area (Å²) < 4.78 is 12.0. The molecule has 1 N–H and O–H groups in total. The van der Waals surface area contributed by atoms with Crippen molar-refractivity contribution in [1.29, 1.82) is 0 Å². The summed E-state index contributed by atoms with van der Waals surface area (Å²) in [5, 5.41) is 1.31. The summed E-state index contributed by atoms with van der Waals surface area (Å²) in [4.78, 5) is 18.4. The molecular formula is C21H28N2O3. The lowest BCUT2D eigenvalue weighted by atomic mass is 9.83. The van der Waals surface area contributed by atoms with Crippen LogP contribution in [0.15, 0.2) is 24.3 Å². The van der Waals surface area contributed by atoms with Crippen molar-refractivity contribution in [2.45, 2.75) is 51.2 Å². The average molecular weight is 356 g/mol. The van der Waals surface area contributed by atoms with Gasteiger partial charge in [0, 0.05) is 30.6 Å². The van der Waals surface area contributed by atoms with Gasteiger partial charge < -0.3 is 19.4 Å². The van der Waals surface area contributed by atoms with Crippen LogP contribution in [-0.4, -0.2) is 47.7 Å². The second-order valence-corrected chi connectivity index (χ2v) is 7.85. The summed E-state index contributed by atoms with van der Waals surface area (Å²) >= 11 is 0. The van der Waals surface area contributed by atoms with Crippen LogP contribution in [0.5, 0.6) is 0 Å². The fraction of sp³-hybridized carbons (Fsp3) is 0.571. The van der Waals surface area contributed by atoms with Crippen LogP contribution < -0.4 is 0 Å². The van der Waals surface area contributed by atoms with Crippen LogP contribution in [0.2, 0.25) is 0 Å². The summed E-state index contributed by atoms with van der Waals surface area (Å²) in [5.74, 6) is 0.0712. The van der Waals surface area contributed by atoms with Crippen LogP contribution in [0.4, 0.5) is 0 Å². The number of benzene rings is 1. The summed E-state index contributed by atoms with van der Waals surface area (Å²) in [6, 6.07) is 8.47. The monoisotopic (exact) mass is 356 g/mol. The number of aromatic nitrogens is 1. The maximum atomic E-state index is 12.8. The maximum Gasteiger partial charge on any atom is 0.254 e. The minimum atomic E-state index is -0.765. The third kappa shape index (κ3) is 2.74. The van der Waals surface area contributed by atoms with Crippen molar-refractivity contribution in [2.75, 3.05) is 26.3 Å². The number of likely N-dealkylation sites (tertiary alicyclic amines) is 1. The molecule has 2 aliphatic rings. The molecule has 5 heteroatoms. The SMILES string of the molecule is CCOC(C)(C)C(=O)N1CCC2(CC1)OCCc1c2[nH]c2ccccc12. The number of carbonyl (C=O) groups is 1. The van der Waals surface area contributed by atoms with Gasteiger partial charge in [0.2, 0.25) is 0 Å². The molecule has 0 atom stereocenters. The van der Waals surface area contributed by atoms with E-state index in [9.17, 15) is 4.79 Å². The predicted octanol–water partition coefficient (Wildman–Crippen LogP) is 3.37. The molecular weight excluding hydrogens is 328 g/mol. The molecule has 2 aliphatic heterocycles. The first-order chi connectivity index (χ1) is 12.5. The molecule has 1 aromatic carbocycles. The first-order valence-electron chi connectivity index (χ1n) is 9.64. The number of nitrogens with one attached hydrogen (secondary N) is 1. The average Bonchev–Trinajstić information content (AvgIpc) is 3.02. The number of hydrogen-bond acceptors (Lipinski definition) is 3. The molecule has 26 heavy (non-hydrogen) atoms. The minimum absolute atomic E-state index is 0.0712. The number of aromatic amines is 1. The van der Waals surface area contributed by atoms with E-state index in [0.29, 0.717) is 19.7 Å². The number of hydrogen-bond donors (Lipinski definition) is 1. The molecule has 1 spiro atoms. The molecule has 4 rings (SSSR count). The Kier molecular flexibility index (Phi) is 4.32. The molecule has 3 heterocycles. The third-order valence-electron chi connectivity index (χ3n) is 5.88. The summed E-state index contributed by atoms with van der Waals surface area (Å²) in [6.07, 6.45) is 2.59. The van der Waals surface area contributed by atoms with Crippen LogP contribution in [0, 0.1) is 0 Å². The van der Waals surface area contributed by atoms with Gasteiger partial charge in [-0.3, -0.25) is 4.79 Å². The molecule has 0 bridgehead atoms. The Balaban J connectivity index is 1.58. The number of carbonyl (C=O) groups excluding carboxylic acids is 1. The van der Waals surface area contributed by atoms with Crippen molar-refractivity contribution in [3.8, 4) is 0 Å². The molecule has 0 radical (unpaired) electrons. The molecule has 5 nitrogen and oxygen atoms in total. The zero-order valence-electron chi connectivity index (χ0n) is 15.9. The Labute approximate surface area is 154 Å². The quantitative estimate of drug-likeness (QED) is 0.917. The topological polar surface area (TPSA) is 54.6 Å². The highest BCUT2D eigenvalue weighted by Crippen LogP contribution is 2.43. The van der Waals surface area contributed by atoms with Crippen molar-refractivity contribution in [2.24, 2.45) is 0 Å². The maximum absolute atomic E-state index is 12.8. The molecule has 0 saturated carbocycles. The first kappa shape index (κ1) is 17.6. The van der Waals surface area contributed by atoms with Crippen LogP contribution in [-0.2, 0) is 26.3 Å². The van der Waals surface area contributed by atoms with E-state index >= 15 is 0 Å². The number of para-hydroxylation sites is 1. The van der Waals surface area contributed by atoms with Crippen LogP contribution >= 0.6 is 0 Å². The van der Waals surface area contributed by atoms with Crippen molar-refractivity contribution in [3.05, 3.63) is 35.5 Å². The number of fused-ring (bicyclic) bond motifs is 4. The molecule has 1 saturated heterocycles. The van der Waals surface area contributed by atoms with Gasteiger partial charge in [0.25, 0.3) is 5.91 Å². The van der Waals surface area contributed by atoms with E-state index in [0.717, 1.165) is 25.9 Å². The van der Waals surface area contributed by atoms with Gasteiger partial charge in [-0.25, -0.2) is 0 Å². The lowest BCUT2D eigenvalue weighted by Crippen LogP contribution is -2.53. The standard InChI is InChI=1S/C21H28N2O3/c1-4-25-20(2,3)19(24)23-12-10-21(11-13-23)18-16(9-14-26-21)15-7-5-6-8-17(15)22-18/h5-8,22H,4,9-14H2,1-3H3. The molecule has 0 aliphatic carbocycles. The summed E-state index contributed by atoms with van der Waals surface area (Å²) in [6.45, 7) is 8.32. The van der Waals surface area contributed by atoms with Crippen molar-refractivity contribution < 1.29 is 14.3 Å². The molecule has 1 amide bonds. The molecule has 140 valence electrons. The van der Waals surface area contributed by atoms with E-state index in [2.05, 4.69) is 29.2 Å². The lowest BCUT2D eigenvalue weighted by molar-refractivity contribution is -0.161. The van der Waals surface area contributed by atoms with E-state index in [4.69, 9.17) is 9.47 Å². The smallest absolute Gasteiger partial charge is 0.254 e. The normalized spacial score (nSPS) is 19.7. The molecule has 1 aromatic heterocycles. The van der Waals surface area contributed by atoms with Crippen molar-refractivity contribution in [1.82, 2.24) is 9.88 Å². The highest BCUT2D eigenvalue weighted by molar-refractivity contribution is 5.86. The van der Waals surface area contributed by atoms with E-state index in [-0.39, 0.29) is 11.5 Å². The van der Waals surface area contributed by atoms with Gasteiger partial charge in [0.15, 0.2) is 0 Å². The van der Waals surface area contributed by atoms with E-state index < -0.39 is 5.60 Å². The van der Waals surface area contributed by atoms with Gasteiger partial charge in [-0.2, -0.15) is 0 Å². The van der Waals surface area contributed by atoms with E-state index in [1.165, 1.54) is 22.2 Å². The minimum Gasteiger partial charge on any atom is -0.368 e. The van der Waals surface area contributed by atoms with Gasteiger partial charge in [0.05, 0.1) is 12.3 Å². The highest BCUT2D eigenvalue weighted by atomic mass is 16.5. The zero-order valence-corrected chi connectivity index (χ0v) is 15.9. The summed E-state index contributed by atoms with van der Waals surface area (Å²) in [7, 11) is 0. The second kappa shape index (κ2) is 6.39. The Morgan fingerprint density at radius 3 is 2.77 bits per heavy atom. The number of nitrogens with zero attached hydrogens (tertiary/aromatic N) is 1. The number of rotatable bonds is 3. The van der Waals surface area contributed by atoms with Crippen LogP contribution in [0.3, 0.4) is 0 Å². The van der Waals surface area contributed by atoms with Gasteiger partial charge in [-0.1, -0.05) is 18.2 Å². The molecule has 2 aromatic rings. The molecule has 0 unspecified atom stereocenters. The lowest BCUT2D eigenvalue weighted by Gasteiger charge is -2.45. The molecule has 1 fully saturated rings. The number of piperidine rings is 1. The Hall–Kier alpha value is -1.85. The van der Waals surface area contributed by atoms with Crippen molar-refractivity contribution in [3.63, 3.8) is 0 Å². The Morgan fingerprint density at radius 1 is 1.31 bits per heavy atom. The van der Waals surface area contributed by atoms with E-state index in [1.807, 2.05) is 25.7 Å². The third-order valence-corrected chi connectivity index (χ3v) is 5.88. The Morgan fingerprint density at radius 2 is 2.04 bits per heavy atom. The number of H-pyrrole nitrogens is 1. The fourth-order valence-electron chi connectivity index (χ4n) is 4.54. The number of ether oxygens (including phenoxy) is 2. The Bertz CT molecular complexity index is 816. The van der Waals surface area contributed by atoms with Crippen molar-refractivity contribution >= 4 is 16.8 Å². The van der Waals surface area contributed by atoms with Gasteiger partial charge >= 0.3 is 0 Å². The van der Waals surface area contributed by atoms with Crippen LogP contribution in [0.1, 0.15) is 44.9 Å². The predicted molar refractivity (Wildman–Crippen MR) is 101 cm³/mol. The van der Waals surface area contributed by atoms with Crippen LogP contribution in [0.25, 0.3) is 10.9 Å². The van der Waals surface area contributed by atoms with E-state index in [1.54, 1.807) is 0 Å². The summed E-state index contributed by atoms with van der Waals surface area (Å²) in [5.41, 5.74) is 2.73. The first-order valence-corrected chi connectivity index (χ1v) is 9.64. The zero-order chi connectivity index (χ0) is 18.4. The second-order valence-electron chi connectivity index (χ2n) is 7.85. The van der Waals surface area contributed by atoms with Gasteiger partial charge in [-0.05, 0) is 51.7 Å². The highest BCUT2D eigenvalue weighted by Gasteiger charge is 2.45.